The van der Waals surface area contributed by atoms with Crippen molar-refractivity contribution in [1.82, 2.24) is 14.8 Å². The Morgan fingerprint density at radius 3 is 2.50 bits per heavy atom. The second kappa shape index (κ2) is 5.20. The van der Waals surface area contributed by atoms with E-state index < -0.39 is 5.91 Å². The first-order valence-corrected chi connectivity index (χ1v) is 4.80. The number of nitrogens with zero attached hydrogens (tertiary/aromatic N) is 3. The fourth-order valence-electron chi connectivity index (χ4n) is 1.78. The lowest BCUT2D eigenvalue weighted by Crippen LogP contribution is -2.11. The third kappa shape index (κ3) is 1.98. The molecule has 0 fully saturated rings. The van der Waals surface area contributed by atoms with Crippen molar-refractivity contribution in [2.24, 2.45) is 5.73 Å². The summed E-state index contributed by atoms with van der Waals surface area (Å²) in [7, 11) is 0. The monoisotopic (exact) mass is 284 g/mol. The van der Waals surface area contributed by atoms with Crippen molar-refractivity contribution in [1.29, 1.82) is 0 Å². The number of para-hydroxylation sites is 1. The lowest BCUT2D eigenvalue weighted by atomic mass is 10.2. The topological polar surface area (TPSA) is 73.3 Å². The number of carbonyl (C=O) groups excluding carboxylic acids is 1. The van der Waals surface area contributed by atoms with Gasteiger partial charge in [0.1, 0.15) is 5.52 Å². The van der Waals surface area contributed by atoms with Crippen molar-refractivity contribution in [3.05, 3.63) is 42.1 Å². The molecule has 2 heterocycles. The highest BCUT2D eigenvalue weighted by Gasteiger charge is 2.12. The van der Waals surface area contributed by atoms with E-state index in [4.69, 9.17) is 5.73 Å². The Morgan fingerprint density at radius 2 is 1.78 bits per heavy atom. The third-order valence-corrected chi connectivity index (χ3v) is 2.52. The maximum Gasteiger partial charge on any atom is 0.271 e. The molecule has 1 amide bonds. The molecular weight excluding hydrogens is 275 g/mol. The van der Waals surface area contributed by atoms with Gasteiger partial charge < -0.3 is 5.73 Å². The molecule has 0 radical (unpaired) electrons. The summed E-state index contributed by atoms with van der Waals surface area (Å²) in [5.74, 6) is -0.565. The highest BCUT2D eigenvalue weighted by Crippen LogP contribution is 2.17. The molecule has 7 heteroatoms. The smallest absolute Gasteiger partial charge is 0.271 e. The Labute approximate surface area is 115 Å². The van der Waals surface area contributed by atoms with Gasteiger partial charge in [-0.1, -0.05) is 29.5 Å². The number of hydrogen-bond acceptors (Lipinski definition) is 3. The normalized spacial score (nSPS) is 9.78. The molecule has 5 nitrogen and oxygen atoms in total. The van der Waals surface area contributed by atoms with E-state index in [-0.39, 0.29) is 30.5 Å². The van der Waals surface area contributed by atoms with Crippen LogP contribution in [0.3, 0.4) is 0 Å². The van der Waals surface area contributed by atoms with Crippen LogP contribution in [-0.4, -0.2) is 20.7 Å². The number of pyridine rings is 1. The first-order chi connectivity index (χ1) is 7.77. The van der Waals surface area contributed by atoms with Crippen LogP contribution >= 0.6 is 24.8 Å². The van der Waals surface area contributed by atoms with Gasteiger partial charge in [-0.05, 0) is 12.1 Å². The number of carbonyl (C=O) groups is 1. The molecule has 18 heavy (non-hydrogen) atoms. The van der Waals surface area contributed by atoms with E-state index >= 15 is 0 Å². The number of hydrogen-bond donors (Lipinski definition) is 1. The maximum absolute atomic E-state index is 11.1. The Kier molecular flexibility index (Phi) is 4.11. The lowest BCUT2D eigenvalue weighted by molar-refractivity contribution is 0.0997. The average Bonchev–Trinajstić information content (AvgIpc) is 2.73. The zero-order chi connectivity index (χ0) is 11.1. The molecule has 0 aliphatic carbocycles. The zero-order valence-corrected chi connectivity index (χ0v) is 10.7. The summed E-state index contributed by atoms with van der Waals surface area (Å²) >= 11 is 0. The van der Waals surface area contributed by atoms with Crippen LogP contribution in [0.2, 0.25) is 0 Å². The summed E-state index contributed by atoms with van der Waals surface area (Å²) in [4.78, 5) is 11.1. The molecule has 3 aromatic rings. The molecule has 1 aromatic carbocycles. The van der Waals surface area contributed by atoms with Crippen molar-refractivity contribution >= 4 is 47.1 Å². The Balaban J connectivity index is 0.000000810. The molecule has 0 bridgehead atoms. The van der Waals surface area contributed by atoms with E-state index in [1.54, 1.807) is 10.6 Å². The minimum Gasteiger partial charge on any atom is -0.364 e. The number of aromatic nitrogens is 3. The van der Waals surface area contributed by atoms with Gasteiger partial charge in [-0.25, -0.2) is 4.52 Å². The Morgan fingerprint density at radius 1 is 1.06 bits per heavy atom. The van der Waals surface area contributed by atoms with Crippen LogP contribution in [0.5, 0.6) is 0 Å². The van der Waals surface area contributed by atoms with Crippen LogP contribution in [0.4, 0.5) is 0 Å². The summed E-state index contributed by atoms with van der Waals surface area (Å²) < 4.78 is 1.62. The second-order valence-corrected chi connectivity index (χ2v) is 3.49. The van der Waals surface area contributed by atoms with Crippen molar-refractivity contribution in [3.8, 4) is 0 Å². The van der Waals surface area contributed by atoms with Crippen molar-refractivity contribution in [2.75, 3.05) is 0 Å². The van der Waals surface area contributed by atoms with Crippen LogP contribution in [-0.2, 0) is 0 Å². The minimum absolute atomic E-state index is 0. The summed E-state index contributed by atoms with van der Waals surface area (Å²) in [6.45, 7) is 0. The lowest BCUT2D eigenvalue weighted by Gasteiger charge is -1.99. The van der Waals surface area contributed by atoms with Gasteiger partial charge in [0.05, 0.1) is 5.52 Å². The Bertz CT molecular complexity index is 710. The first kappa shape index (κ1) is 14.2. The zero-order valence-electron chi connectivity index (χ0n) is 9.11. The van der Waals surface area contributed by atoms with E-state index in [1.807, 2.05) is 30.3 Å². The van der Waals surface area contributed by atoms with Gasteiger partial charge in [0.25, 0.3) is 5.91 Å². The Hall–Kier alpha value is -1.85. The molecule has 0 saturated heterocycles. The number of rotatable bonds is 1. The summed E-state index contributed by atoms with van der Waals surface area (Å²) in [6.07, 6.45) is 0. The molecule has 0 unspecified atom stereocenters. The fourth-order valence-corrected chi connectivity index (χ4v) is 1.78. The van der Waals surface area contributed by atoms with Crippen LogP contribution < -0.4 is 5.73 Å². The van der Waals surface area contributed by atoms with Gasteiger partial charge in [-0.15, -0.1) is 29.9 Å². The van der Waals surface area contributed by atoms with Crippen molar-refractivity contribution in [2.45, 2.75) is 0 Å². The van der Waals surface area contributed by atoms with Gasteiger partial charge in [0.15, 0.2) is 5.69 Å². The maximum atomic E-state index is 11.1. The van der Waals surface area contributed by atoms with E-state index in [1.165, 1.54) is 0 Å². The molecule has 0 atom stereocenters. The molecular formula is C11H10Cl2N4O. The standard InChI is InChI=1S/C11H8N4O.2ClH/c12-11(16)10-9-6-5-7-3-1-2-4-8(7)15(9)14-13-10;;/h1-6H,(H2,12,16);2*1H. The van der Waals surface area contributed by atoms with Crippen LogP contribution in [0, 0.1) is 0 Å². The third-order valence-electron chi connectivity index (χ3n) is 2.52. The average molecular weight is 285 g/mol. The van der Waals surface area contributed by atoms with Gasteiger partial charge in [0.2, 0.25) is 0 Å². The SMILES string of the molecule is Cl.Cl.NC(=O)c1nnn2c1ccc1ccccc12. The van der Waals surface area contributed by atoms with Crippen molar-refractivity contribution < 1.29 is 4.79 Å². The quantitative estimate of drug-likeness (QED) is 0.741. The molecule has 0 saturated carbocycles. The number of nitrogens with two attached hydrogens (primary N) is 1. The summed E-state index contributed by atoms with van der Waals surface area (Å²) in [6, 6.07) is 11.5. The predicted octanol–water partition coefficient (Wildman–Crippen LogP) is 1.82. The van der Waals surface area contributed by atoms with Gasteiger partial charge in [-0.3, -0.25) is 4.79 Å². The molecule has 2 N–H and O–H groups in total. The summed E-state index contributed by atoms with van der Waals surface area (Å²) in [5, 5.41) is 8.76. The molecule has 0 aliphatic rings. The molecule has 3 rings (SSSR count). The largest absolute Gasteiger partial charge is 0.364 e. The molecule has 94 valence electrons. The van der Waals surface area contributed by atoms with Gasteiger partial charge in [-0.2, -0.15) is 0 Å². The van der Waals surface area contributed by atoms with E-state index in [9.17, 15) is 4.79 Å². The van der Waals surface area contributed by atoms with E-state index in [0.29, 0.717) is 5.52 Å². The highest BCUT2D eigenvalue weighted by molar-refractivity contribution is 5.98. The molecule has 0 spiro atoms. The predicted molar refractivity (Wildman–Crippen MR) is 73.5 cm³/mol. The van der Waals surface area contributed by atoms with Crippen molar-refractivity contribution in [3.63, 3.8) is 0 Å². The number of amides is 1. The van der Waals surface area contributed by atoms with Crippen LogP contribution in [0.1, 0.15) is 10.5 Å². The number of benzene rings is 1. The molecule has 0 aliphatic heterocycles. The number of halogens is 2. The second-order valence-electron chi connectivity index (χ2n) is 3.49. The highest BCUT2D eigenvalue weighted by atomic mass is 35.5. The van der Waals surface area contributed by atoms with Crippen LogP contribution in [0.15, 0.2) is 36.4 Å². The molecule has 2 aromatic heterocycles. The number of fused-ring (bicyclic) bond motifs is 3. The van der Waals surface area contributed by atoms with E-state index in [2.05, 4.69) is 10.3 Å². The first-order valence-electron chi connectivity index (χ1n) is 4.80. The van der Waals surface area contributed by atoms with Crippen LogP contribution in [0.25, 0.3) is 16.4 Å². The summed E-state index contributed by atoms with van der Waals surface area (Å²) in [5.41, 5.74) is 6.95. The van der Waals surface area contributed by atoms with Gasteiger partial charge in [0, 0.05) is 5.39 Å². The van der Waals surface area contributed by atoms with Gasteiger partial charge >= 0.3 is 0 Å². The number of primary amides is 1. The minimum atomic E-state index is -0.565. The van der Waals surface area contributed by atoms with E-state index in [0.717, 1.165) is 10.9 Å². The fraction of sp³-hybridized carbons (Fsp3) is 0.